The average molecular weight is 625 g/mol. The van der Waals surface area contributed by atoms with Crippen molar-refractivity contribution in [2.24, 2.45) is 36.6 Å². The smallest absolute Gasteiger partial charge is 0.354 e. The van der Waals surface area contributed by atoms with Crippen molar-refractivity contribution in [3.8, 4) is 0 Å². The second-order valence-corrected chi connectivity index (χ2v) is 13.9. The van der Waals surface area contributed by atoms with E-state index < -0.39 is 0 Å². The molecular formula is C37H53FN2O5. The van der Waals surface area contributed by atoms with Crippen LogP contribution in [0.3, 0.4) is 0 Å². The van der Waals surface area contributed by atoms with Gasteiger partial charge in [0.2, 0.25) is 5.91 Å². The van der Waals surface area contributed by atoms with Gasteiger partial charge in [-0.1, -0.05) is 45.1 Å². The SMILES string of the molecule is CCOCCCOC(=O)c1cc2cc(CC(=O)[C@@H]3[C@H](C4CCCCC4)CCN3C(=O)C3CCC([C@H](C)CF)CC3)ccc2n1C. The number of carbonyl (C=O) groups is 3. The number of esters is 1. The topological polar surface area (TPSA) is 77.8 Å². The molecule has 2 aliphatic carbocycles. The molecule has 3 atom stereocenters. The normalized spacial score (nSPS) is 25.0. The molecule has 0 radical (unpaired) electrons. The van der Waals surface area contributed by atoms with Crippen LogP contribution in [0.2, 0.25) is 0 Å². The van der Waals surface area contributed by atoms with E-state index in [1.165, 1.54) is 19.3 Å². The fourth-order valence-corrected chi connectivity index (χ4v) is 8.38. The zero-order valence-electron chi connectivity index (χ0n) is 27.6. The minimum absolute atomic E-state index is 0.0483. The minimum atomic E-state index is -0.378. The van der Waals surface area contributed by atoms with E-state index in [0.717, 1.165) is 61.4 Å². The number of Topliss-reactive ketones (excluding diaryl/α,β-unsaturated/α-hetero) is 1. The number of aryl methyl sites for hydroxylation is 1. The summed E-state index contributed by atoms with van der Waals surface area (Å²) in [6, 6.07) is 7.41. The number of halogens is 1. The van der Waals surface area contributed by atoms with Crippen LogP contribution in [0, 0.1) is 29.6 Å². The van der Waals surface area contributed by atoms with Crippen LogP contribution >= 0.6 is 0 Å². The van der Waals surface area contributed by atoms with Gasteiger partial charge >= 0.3 is 5.97 Å². The number of rotatable bonds is 13. The number of alkyl halides is 1. The Kier molecular flexibility index (Phi) is 11.7. The van der Waals surface area contributed by atoms with E-state index in [-0.39, 0.29) is 54.6 Å². The molecule has 45 heavy (non-hydrogen) atoms. The number of ketones is 1. The lowest BCUT2D eigenvalue weighted by Crippen LogP contribution is -2.48. The molecule has 0 unspecified atom stereocenters. The van der Waals surface area contributed by atoms with Gasteiger partial charge in [-0.3, -0.25) is 14.0 Å². The second-order valence-electron chi connectivity index (χ2n) is 13.9. The molecule has 7 nitrogen and oxygen atoms in total. The molecule has 8 heteroatoms. The van der Waals surface area contributed by atoms with Crippen LogP contribution in [-0.2, 0) is 32.5 Å². The summed E-state index contributed by atoms with van der Waals surface area (Å²) in [5.41, 5.74) is 2.28. The lowest BCUT2D eigenvalue weighted by atomic mass is 9.74. The van der Waals surface area contributed by atoms with Gasteiger partial charge in [0.15, 0.2) is 5.78 Å². The lowest BCUT2D eigenvalue weighted by molar-refractivity contribution is -0.143. The van der Waals surface area contributed by atoms with Gasteiger partial charge < -0.3 is 18.9 Å². The van der Waals surface area contributed by atoms with Gasteiger partial charge in [-0.05, 0) is 86.5 Å². The number of fused-ring (bicyclic) bond motifs is 1. The summed E-state index contributed by atoms with van der Waals surface area (Å²) in [6.07, 6.45) is 11.1. The van der Waals surface area contributed by atoms with Gasteiger partial charge in [0.25, 0.3) is 0 Å². The minimum Gasteiger partial charge on any atom is -0.461 e. The highest BCUT2D eigenvalue weighted by atomic mass is 19.1. The third kappa shape index (κ3) is 7.81. The maximum atomic E-state index is 14.2. The zero-order chi connectivity index (χ0) is 31.9. The first-order chi connectivity index (χ1) is 21.8. The molecule has 0 N–H and O–H groups in total. The maximum Gasteiger partial charge on any atom is 0.354 e. The Bertz CT molecular complexity index is 1310. The monoisotopic (exact) mass is 624 g/mol. The Morgan fingerprint density at radius 1 is 0.978 bits per heavy atom. The van der Waals surface area contributed by atoms with Gasteiger partial charge in [-0.2, -0.15) is 0 Å². The van der Waals surface area contributed by atoms with Gasteiger partial charge in [0.05, 0.1) is 19.3 Å². The number of hydrogen-bond donors (Lipinski definition) is 0. The lowest BCUT2D eigenvalue weighted by Gasteiger charge is -2.37. The van der Waals surface area contributed by atoms with Crippen molar-refractivity contribution in [1.29, 1.82) is 0 Å². The van der Waals surface area contributed by atoms with E-state index in [1.54, 1.807) is 0 Å². The first-order valence-corrected chi connectivity index (χ1v) is 17.5. The Labute approximate surface area is 268 Å². The molecule has 3 aliphatic rings. The zero-order valence-corrected chi connectivity index (χ0v) is 27.6. The van der Waals surface area contributed by atoms with Crippen LogP contribution in [0.1, 0.15) is 101 Å². The summed E-state index contributed by atoms with van der Waals surface area (Å²) >= 11 is 0. The van der Waals surface area contributed by atoms with Crippen molar-refractivity contribution in [1.82, 2.24) is 9.47 Å². The van der Waals surface area contributed by atoms with Crippen LogP contribution in [0.4, 0.5) is 4.39 Å². The number of ether oxygens (including phenoxy) is 2. The summed E-state index contributed by atoms with van der Waals surface area (Å²) in [4.78, 5) is 43.0. The molecule has 3 fully saturated rings. The molecule has 1 saturated heterocycles. The third-order valence-corrected chi connectivity index (χ3v) is 11.0. The largest absolute Gasteiger partial charge is 0.461 e. The first kappa shape index (κ1) is 33.6. The molecule has 2 saturated carbocycles. The van der Waals surface area contributed by atoms with Crippen LogP contribution in [0.25, 0.3) is 10.9 Å². The number of nitrogens with zero attached hydrogens (tertiary/aromatic N) is 2. The van der Waals surface area contributed by atoms with Gasteiger partial charge in [0.1, 0.15) is 5.69 Å². The van der Waals surface area contributed by atoms with Crippen molar-refractivity contribution >= 4 is 28.6 Å². The third-order valence-electron chi connectivity index (χ3n) is 11.0. The number of likely N-dealkylation sites (tertiary alicyclic amines) is 1. The molecule has 1 amide bonds. The molecule has 0 bridgehead atoms. The van der Waals surface area contributed by atoms with E-state index in [9.17, 15) is 18.8 Å². The Morgan fingerprint density at radius 3 is 2.44 bits per heavy atom. The summed E-state index contributed by atoms with van der Waals surface area (Å²) in [7, 11) is 1.85. The summed E-state index contributed by atoms with van der Waals surface area (Å²) in [5, 5.41) is 0.895. The van der Waals surface area contributed by atoms with Gasteiger partial charge in [-0.15, -0.1) is 0 Å². The number of aromatic nitrogens is 1. The van der Waals surface area contributed by atoms with Crippen LogP contribution < -0.4 is 0 Å². The van der Waals surface area contributed by atoms with E-state index >= 15 is 0 Å². The van der Waals surface area contributed by atoms with Crippen molar-refractivity contribution < 1.29 is 28.2 Å². The fourth-order valence-electron chi connectivity index (χ4n) is 8.38. The Morgan fingerprint density at radius 2 is 1.73 bits per heavy atom. The number of carbonyl (C=O) groups excluding carboxylic acids is 3. The van der Waals surface area contributed by atoms with Crippen molar-refractivity contribution in [2.75, 3.05) is 33.0 Å². The average Bonchev–Trinajstić information content (AvgIpc) is 3.66. The highest BCUT2D eigenvalue weighted by molar-refractivity contribution is 5.97. The molecule has 1 aromatic carbocycles. The number of amides is 1. The van der Waals surface area contributed by atoms with E-state index in [0.29, 0.717) is 50.3 Å². The molecule has 248 valence electrons. The molecule has 1 aromatic heterocycles. The maximum absolute atomic E-state index is 14.2. The van der Waals surface area contributed by atoms with Crippen molar-refractivity contribution in [3.05, 3.63) is 35.5 Å². The number of hydrogen-bond acceptors (Lipinski definition) is 5. The predicted molar refractivity (Wildman–Crippen MR) is 174 cm³/mol. The van der Waals surface area contributed by atoms with Gasteiger partial charge in [0, 0.05) is 56.5 Å². The molecular weight excluding hydrogens is 571 g/mol. The highest BCUT2D eigenvalue weighted by Crippen LogP contribution is 2.42. The van der Waals surface area contributed by atoms with E-state index in [4.69, 9.17) is 9.47 Å². The predicted octanol–water partition coefficient (Wildman–Crippen LogP) is 7.08. The fraction of sp³-hybridized carbons (Fsp3) is 0.703. The van der Waals surface area contributed by atoms with Crippen LogP contribution in [-0.4, -0.2) is 66.2 Å². The Hall–Kier alpha value is -2.74. The standard InChI is InChI=1S/C37H53FN2O5/c1-4-44-19-8-20-45-37(43)33-23-30-21-26(11-16-32(30)39(33)3)22-34(41)35-31(28-9-6-5-7-10-28)17-18-40(35)36(42)29-14-12-27(13-15-29)25(2)24-38/h11,16,21,23,25,27-29,31,35H,4-10,12-15,17-20,22,24H2,1-3H3/t25-,27?,29?,31+,35+/m1/s1. The van der Waals surface area contributed by atoms with Gasteiger partial charge in [-0.25, -0.2) is 4.79 Å². The first-order valence-electron chi connectivity index (χ1n) is 17.5. The number of benzene rings is 1. The summed E-state index contributed by atoms with van der Waals surface area (Å²) in [6.45, 7) is 5.77. The summed E-state index contributed by atoms with van der Waals surface area (Å²) in [5.74, 6) is 0.937. The molecule has 1 aliphatic heterocycles. The van der Waals surface area contributed by atoms with E-state index in [1.807, 2.05) is 54.6 Å². The molecule has 0 spiro atoms. The molecule has 5 rings (SSSR count). The summed E-state index contributed by atoms with van der Waals surface area (Å²) < 4.78 is 25.9. The molecule has 2 heterocycles. The van der Waals surface area contributed by atoms with Crippen LogP contribution in [0.15, 0.2) is 24.3 Å². The highest BCUT2D eigenvalue weighted by Gasteiger charge is 2.46. The van der Waals surface area contributed by atoms with Crippen LogP contribution in [0.5, 0.6) is 0 Å². The Balaban J connectivity index is 1.30. The van der Waals surface area contributed by atoms with Crippen molar-refractivity contribution in [3.63, 3.8) is 0 Å². The van der Waals surface area contributed by atoms with Crippen molar-refractivity contribution in [2.45, 2.75) is 96.9 Å². The van der Waals surface area contributed by atoms with E-state index in [2.05, 4.69) is 0 Å². The second kappa shape index (κ2) is 15.7. The quantitative estimate of drug-likeness (QED) is 0.176. The molecule has 2 aromatic rings.